The number of anilines is 1. The van der Waals surface area contributed by atoms with Gasteiger partial charge in [0.2, 0.25) is 17.6 Å². The summed E-state index contributed by atoms with van der Waals surface area (Å²) in [6.07, 6.45) is 1.86. The zero-order valence-electron chi connectivity index (χ0n) is 16.3. The summed E-state index contributed by atoms with van der Waals surface area (Å²) in [4.78, 5) is 19.5. The van der Waals surface area contributed by atoms with Gasteiger partial charge >= 0.3 is 0 Å². The number of benzene rings is 2. The fourth-order valence-corrected chi connectivity index (χ4v) is 3.85. The maximum Gasteiger partial charge on any atom is 0.241 e. The Kier molecular flexibility index (Phi) is 6.06. The predicted octanol–water partition coefficient (Wildman–Crippen LogP) is 4.66. The lowest BCUT2D eigenvalue weighted by molar-refractivity contribution is -0.121. The van der Waals surface area contributed by atoms with Crippen LogP contribution < -0.4 is 5.32 Å². The number of amides is 1. The molecule has 1 aromatic heterocycles. The van der Waals surface area contributed by atoms with E-state index in [1.165, 1.54) is 0 Å². The van der Waals surface area contributed by atoms with Crippen LogP contribution in [0.4, 0.5) is 5.69 Å². The van der Waals surface area contributed by atoms with Crippen molar-refractivity contribution in [3.8, 4) is 11.4 Å². The van der Waals surface area contributed by atoms with Gasteiger partial charge in [-0.2, -0.15) is 4.98 Å². The van der Waals surface area contributed by atoms with Gasteiger partial charge in [-0.25, -0.2) is 0 Å². The molecule has 29 heavy (non-hydrogen) atoms. The fraction of sp³-hybridized carbons (Fsp3) is 0.318. The van der Waals surface area contributed by atoms with Crippen molar-refractivity contribution in [2.75, 3.05) is 18.4 Å². The van der Waals surface area contributed by atoms with E-state index >= 15 is 0 Å². The minimum absolute atomic E-state index is 0.0442. The Morgan fingerprint density at radius 2 is 2.03 bits per heavy atom. The number of carbonyl (C=O) groups excluding carboxylic acids is 1. The highest BCUT2D eigenvalue weighted by Crippen LogP contribution is 2.23. The molecule has 0 aliphatic carbocycles. The van der Waals surface area contributed by atoms with Crippen LogP contribution in [0.1, 0.15) is 24.3 Å². The van der Waals surface area contributed by atoms with Crippen molar-refractivity contribution < 1.29 is 9.32 Å². The van der Waals surface area contributed by atoms with Gasteiger partial charge in [0.15, 0.2) is 0 Å². The number of hydrogen-bond acceptors (Lipinski definition) is 5. The Hall–Kier alpha value is -2.51. The summed E-state index contributed by atoms with van der Waals surface area (Å²) < 4.78 is 6.45. The lowest BCUT2D eigenvalue weighted by Crippen LogP contribution is -2.40. The van der Waals surface area contributed by atoms with Crippen LogP contribution in [-0.4, -0.2) is 34.0 Å². The van der Waals surface area contributed by atoms with E-state index in [2.05, 4.69) is 36.3 Å². The molecule has 7 heteroatoms. The number of carbonyl (C=O) groups is 1. The summed E-state index contributed by atoms with van der Waals surface area (Å²) >= 11 is 3.43. The number of likely N-dealkylation sites (tertiary alicyclic amines) is 1. The monoisotopic (exact) mass is 454 g/mol. The van der Waals surface area contributed by atoms with Gasteiger partial charge in [0.25, 0.3) is 0 Å². The van der Waals surface area contributed by atoms with Crippen LogP contribution in [0.5, 0.6) is 0 Å². The molecule has 1 amide bonds. The molecule has 1 fully saturated rings. The maximum atomic E-state index is 12.7. The zero-order chi connectivity index (χ0) is 20.2. The first-order chi connectivity index (χ1) is 14.1. The normalized spacial score (nSPS) is 17.2. The molecule has 1 N–H and O–H groups in total. The Balaban J connectivity index is 1.37. The van der Waals surface area contributed by atoms with Crippen molar-refractivity contribution >= 4 is 27.5 Å². The molecule has 2 aromatic carbocycles. The Labute approximate surface area is 178 Å². The lowest BCUT2D eigenvalue weighted by atomic mass is 9.97. The van der Waals surface area contributed by atoms with Crippen molar-refractivity contribution in [3.63, 3.8) is 0 Å². The average Bonchev–Trinajstić information content (AvgIpc) is 3.19. The number of nitrogens with zero attached hydrogens (tertiary/aromatic N) is 3. The van der Waals surface area contributed by atoms with Crippen LogP contribution in [-0.2, 0) is 11.3 Å². The van der Waals surface area contributed by atoms with E-state index in [9.17, 15) is 4.79 Å². The minimum Gasteiger partial charge on any atom is -0.338 e. The highest BCUT2D eigenvalue weighted by molar-refractivity contribution is 9.10. The highest BCUT2D eigenvalue weighted by atomic mass is 79.9. The molecule has 1 atom stereocenters. The van der Waals surface area contributed by atoms with Crippen LogP contribution >= 0.6 is 15.9 Å². The second kappa shape index (κ2) is 8.88. The van der Waals surface area contributed by atoms with Crippen LogP contribution in [0, 0.1) is 12.8 Å². The number of piperidine rings is 1. The third-order valence-corrected chi connectivity index (χ3v) is 5.74. The molecule has 1 unspecified atom stereocenters. The van der Waals surface area contributed by atoms with Gasteiger partial charge in [-0.15, -0.1) is 0 Å². The van der Waals surface area contributed by atoms with Crippen LogP contribution in [0.15, 0.2) is 57.5 Å². The molecule has 150 valence electrons. The van der Waals surface area contributed by atoms with Gasteiger partial charge in [-0.3, -0.25) is 9.69 Å². The predicted molar refractivity (Wildman–Crippen MR) is 115 cm³/mol. The molecule has 0 spiro atoms. The quantitative estimate of drug-likeness (QED) is 0.606. The second-order valence-corrected chi connectivity index (χ2v) is 8.31. The van der Waals surface area contributed by atoms with Crippen LogP contribution in [0.25, 0.3) is 11.4 Å². The number of hydrogen-bond donors (Lipinski definition) is 1. The summed E-state index contributed by atoms with van der Waals surface area (Å²) in [5.41, 5.74) is 2.86. The molecular weight excluding hydrogens is 432 g/mol. The van der Waals surface area contributed by atoms with Gasteiger partial charge in [-0.05, 0) is 62.2 Å². The van der Waals surface area contributed by atoms with Crippen molar-refractivity contribution in [2.24, 2.45) is 5.92 Å². The maximum absolute atomic E-state index is 12.7. The number of para-hydroxylation sites is 1. The third-order valence-electron chi connectivity index (χ3n) is 5.21. The Bertz CT molecular complexity index is 986. The van der Waals surface area contributed by atoms with Crippen LogP contribution in [0.3, 0.4) is 0 Å². The van der Waals surface area contributed by atoms with E-state index in [0.29, 0.717) is 24.8 Å². The van der Waals surface area contributed by atoms with Crippen LogP contribution in [0.2, 0.25) is 0 Å². The van der Waals surface area contributed by atoms with E-state index in [0.717, 1.165) is 40.7 Å². The molecular formula is C22H23BrN4O2. The summed E-state index contributed by atoms with van der Waals surface area (Å²) in [5, 5.41) is 7.17. The van der Waals surface area contributed by atoms with E-state index < -0.39 is 0 Å². The highest BCUT2D eigenvalue weighted by Gasteiger charge is 2.27. The smallest absolute Gasteiger partial charge is 0.241 e. The topological polar surface area (TPSA) is 71.3 Å². The molecule has 0 saturated carbocycles. The number of halogens is 1. The molecule has 4 rings (SSSR count). The molecule has 1 saturated heterocycles. The largest absolute Gasteiger partial charge is 0.338 e. The van der Waals surface area contributed by atoms with E-state index in [-0.39, 0.29) is 11.8 Å². The third kappa shape index (κ3) is 4.92. The van der Waals surface area contributed by atoms with Gasteiger partial charge in [-0.1, -0.05) is 39.3 Å². The first-order valence-electron chi connectivity index (χ1n) is 9.76. The number of aromatic nitrogens is 2. The molecule has 0 bridgehead atoms. The molecule has 2 heterocycles. The summed E-state index contributed by atoms with van der Waals surface area (Å²) in [6, 6.07) is 15.7. The van der Waals surface area contributed by atoms with E-state index in [4.69, 9.17) is 4.52 Å². The Morgan fingerprint density at radius 3 is 2.83 bits per heavy atom. The van der Waals surface area contributed by atoms with Gasteiger partial charge in [0.1, 0.15) is 0 Å². The molecule has 1 aliphatic heterocycles. The average molecular weight is 455 g/mol. The van der Waals surface area contributed by atoms with Crippen molar-refractivity contribution in [2.45, 2.75) is 26.3 Å². The summed E-state index contributed by atoms with van der Waals surface area (Å²) in [6.45, 7) is 4.16. The number of aryl methyl sites for hydroxylation is 1. The first kappa shape index (κ1) is 19.8. The molecule has 6 nitrogen and oxygen atoms in total. The molecule has 0 radical (unpaired) electrons. The summed E-state index contributed by atoms with van der Waals surface area (Å²) in [5.74, 6) is 1.18. The van der Waals surface area contributed by atoms with Gasteiger partial charge in [0, 0.05) is 22.3 Å². The molecule has 3 aromatic rings. The molecule has 1 aliphatic rings. The van der Waals surface area contributed by atoms with Crippen molar-refractivity contribution in [1.29, 1.82) is 0 Å². The fourth-order valence-electron chi connectivity index (χ4n) is 3.59. The van der Waals surface area contributed by atoms with Gasteiger partial charge in [0.05, 0.1) is 12.5 Å². The number of nitrogens with one attached hydrogen (secondary N) is 1. The number of rotatable bonds is 5. The van der Waals surface area contributed by atoms with Crippen molar-refractivity contribution in [3.05, 3.63) is 64.5 Å². The van der Waals surface area contributed by atoms with E-state index in [1.807, 2.05) is 55.5 Å². The minimum atomic E-state index is -0.0442. The standard InChI is InChI=1S/C22H23BrN4O2/c1-15-5-2-3-7-19(15)24-22(28)17-6-4-12-27(13-17)14-20-25-21(26-29-20)16-8-10-18(23)11-9-16/h2-3,5,7-11,17H,4,6,12-14H2,1H3,(H,24,28). The summed E-state index contributed by atoms with van der Waals surface area (Å²) in [7, 11) is 0. The Morgan fingerprint density at radius 1 is 1.24 bits per heavy atom. The SMILES string of the molecule is Cc1ccccc1NC(=O)C1CCCN(Cc2nc(-c3ccc(Br)cc3)no2)C1. The second-order valence-electron chi connectivity index (χ2n) is 7.40. The van der Waals surface area contributed by atoms with Crippen molar-refractivity contribution in [1.82, 2.24) is 15.0 Å². The zero-order valence-corrected chi connectivity index (χ0v) is 17.9. The lowest BCUT2D eigenvalue weighted by Gasteiger charge is -2.31. The first-order valence-corrected chi connectivity index (χ1v) is 10.5. The van der Waals surface area contributed by atoms with Gasteiger partial charge < -0.3 is 9.84 Å². The van der Waals surface area contributed by atoms with E-state index in [1.54, 1.807) is 0 Å².